The van der Waals surface area contributed by atoms with Crippen LogP contribution in [0.3, 0.4) is 0 Å². The van der Waals surface area contributed by atoms with Crippen LogP contribution in [0.5, 0.6) is 0 Å². The fraction of sp³-hybridized carbons (Fsp3) is 0.235. The second kappa shape index (κ2) is 7.55. The van der Waals surface area contributed by atoms with Crippen LogP contribution < -0.4 is 5.32 Å². The van der Waals surface area contributed by atoms with E-state index in [1.807, 2.05) is 30.3 Å². The average molecular weight is 287 g/mol. The molecule has 0 atom stereocenters. The number of ether oxygens (including phenoxy) is 1. The largest absolute Gasteiger partial charge is 0.385 e. The molecule has 1 N–H and O–H groups in total. The molecule has 1 amide bonds. The molecule has 0 bridgehead atoms. The van der Waals surface area contributed by atoms with Crippen molar-refractivity contribution in [1.82, 2.24) is 5.32 Å². The van der Waals surface area contributed by atoms with Crippen molar-refractivity contribution < 1.29 is 13.9 Å². The van der Waals surface area contributed by atoms with Crippen molar-refractivity contribution in [2.24, 2.45) is 0 Å². The third kappa shape index (κ3) is 4.13. The van der Waals surface area contributed by atoms with Crippen molar-refractivity contribution >= 4 is 5.91 Å². The topological polar surface area (TPSA) is 38.3 Å². The Labute approximate surface area is 123 Å². The molecule has 0 spiro atoms. The monoisotopic (exact) mass is 287 g/mol. The molecule has 0 heterocycles. The van der Waals surface area contributed by atoms with E-state index in [9.17, 15) is 9.18 Å². The van der Waals surface area contributed by atoms with Crippen LogP contribution in [-0.4, -0.2) is 26.2 Å². The predicted molar refractivity (Wildman–Crippen MR) is 80.7 cm³/mol. The Bertz CT molecular complexity index is 599. The number of carbonyl (C=O) groups is 1. The van der Waals surface area contributed by atoms with E-state index >= 15 is 0 Å². The Kier molecular flexibility index (Phi) is 5.46. The summed E-state index contributed by atoms with van der Waals surface area (Å²) in [5.41, 5.74) is 1.83. The van der Waals surface area contributed by atoms with Crippen molar-refractivity contribution in [3.05, 3.63) is 59.9 Å². The van der Waals surface area contributed by atoms with Gasteiger partial charge in [-0.25, -0.2) is 4.39 Å². The van der Waals surface area contributed by atoms with E-state index in [0.717, 1.165) is 11.1 Å². The molecule has 0 aliphatic heterocycles. The molecule has 0 unspecified atom stereocenters. The Balaban J connectivity index is 2.14. The maximum absolute atomic E-state index is 13.8. The van der Waals surface area contributed by atoms with Crippen LogP contribution in [0.1, 0.15) is 16.8 Å². The number of hydrogen-bond donors (Lipinski definition) is 1. The van der Waals surface area contributed by atoms with Crippen molar-refractivity contribution in [1.29, 1.82) is 0 Å². The molecule has 3 nitrogen and oxygen atoms in total. The molecule has 0 aliphatic rings. The summed E-state index contributed by atoms with van der Waals surface area (Å²) in [5.74, 6) is -0.916. The van der Waals surface area contributed by atoms with Crippen molar-refractivity contribution in [2.75, 3.05) is 20.3 Å². The molecular formula is C17H18FNO2. The first-order valence-corrected chi connectivity index (χ1v) is 6.84. The summed E-state index contributed by atoms with van der Waals surface area (Å²) >= 11 is 0. The number of hydrogen-bond acceptors (Lipinski definition) is 2. The zero-order valence-electron chi connectivity index (χ0n) is 11.9. The van der Waals surface area contributed by atoms with Gasteiger partial charge in [-0.2, -0.15) is 0 Å². The minimum absolute atomic E-state index is 0.0637. The summed E-state index contributed by atoms with van der Waals surface area (Å²) in [7, 11) is 1.60. The van der Waals surface area contributed by atoms with Gasteiger partial charge in [-0.05, 0) is 29.7 Å². The third-order valence-electron chi connectivity index (χ3n) is 3.13. The van der Waals surface area contributed by atoms with Gasteiger partial charge in [-0.3, -0.25) is 4.79 Å². The van der Waals surface area contributed by atoms with Crippen LogP contribution in [-0.2, 0) is 4.74 Å². The first kappa shape index (κ1) is 15.2. The molecule has 0 fully saturated rings. The van der Waals surface area contributed by atoms with Gasteiger partial charge in [0.15, 0.2) is 0 Å². The average Bonchev–Trinajstić information content (AvgIpc) is 2.52. The standard InChI is InChI=1S/C17H18FNO2/c1-21-11-5-10-19-17(20)15-12-14(8-9-16(15)18)13-6-3-2-4-7-13/h2-4,6-9,12H,5,10-11H2,1H3,(H,19,20). The molecule has 4 heteroatoms. The molecule has 0 aromatic heterocycles. The smallest absolute Gasteiger partial charge is 0.254 e. The summed E-state index contributed by atoms with van der Waals surface area (Å²) in [6, 6.07) is 14.2. The van der Waals surface area contributed by atoms with Crippen LogP contribution in [0.2, 0.25) is 0 Å². The number of rotatable bonds is 6. The number of halogens is 1. The SMILES string of the molecule is COCCCNC(=O)c1cc(-c2ccccc2)ccc1F. The lowest BCUT2D eigenvalue weighted by molar-refractivity contribution is 0.0944. The molecular weight excluding hydrogens is 269 g/mol. The summed E-state index contributed by atoms with van der Waals surface area (Å²) in [6.07, 6.45) is 0.697. The van der Waals surface area contributed by atoms with Gasteiger partial charge in [0.05, 0.1) is 5.56 Å². The Hall–Kier alpha value is -2.20. The highest BCUT2D eigenvalue weighted by Gasteiger charge is 2.12. The van der Waals surface area contributed by atoms with E-state index < -0.39 is 11.7 Å². The van der Waals surface area contributed by atoms with E-state index in [4.69, 9.17) is 4.74 Å². The molecule has 2 aromatic carbocycles. The van der Waals surface area contributed by atoms with Crippen LogP contribution in [0, 0.1) is 5.82 Å². The molecule has 0 radical (unpaired) electrons. The fourth-order valence-electron chi connectivity index (χ4n) is 2.02. The Morgan fingerprint density at radius 3 is 2.62 bits per heavy atom. The van der Waals surface area contributed by atoms with Crippen molar-refractivity contribution in [2.45, 2.75) is 6.42 Å². The van der Waals surface area contributed by atoms with Crippen molar-refractivity contribution in [3.8, 4) is 11.1 Å². The highest BCUT2D eigenvalue weighted by Crippen LogP contribution is 2.21. The summed E-state index contributed by atoms with van der Waals surface area (Å²) in [5, 5.41) is 2.69. The van der Waals surface area contributed by atoms with Crippen LogP contribution >= 0.6 is 0 Å². The molecule has 2 aromatic rings. The first-order chi connectivity index (χ1) is 10.2. The number of carbonyl (C=O) groups excluding carboxylic acids is 1. The van der Waals surface area contributed by atoms with E-state index in [1.165, 1.54) is 6.07 Å². The number of nitrogens with one attached hydrogen (secondary N) is 1. The lowest BCUT2D eigenvalue weighted by Crippen LogP contribution is -2.26. The quantitative estimate of drug-likeness (QED) is 0.828. The van der Waals surface area contributed by atoms with Gasteiger partial charge in [0.2, 0.25) is 0 Å². The molecule has 0 aliphatic carbocycles. The van der Waals surface area contributed by atoms with Crippen LogP contribution in [0.15, 0.2) is 48.5 Å². The van der Waals surface area contributed by atoms with Gasteiger partial charge >= 0.3 is 0 Å². The molecule has 0 saturated heterocycles. The lowest BCUT2D eigenvalue weighted by atomic mass is 10.0. The maximum atomic E-state index is 13.8. The number of methoxy groups -OCH3 is 1. The van der Waals surface area contributed by atoms with Gasteiger partial charge in [-0.15, -0.1) is 0 Å². The highest BCUT2D eigenvalue weighted by molar-refractivity contribution is 5.95. The zero-order chi connectivity index (χ0) is 15.1. The summed E-state index contributed by atoms with van der Waals surface area (Å²) in [4.78, 5) is 12.0. The van der Waals surface area contributed by atoms with Gasteiger partial charge in [-0.1, -0.05) is 36.4 Å². The minimum atomic E-state index is -0.515. The van der Waals surface area contributed by atoms with Crippen LogP contribution in [0.4, 0.5) is 4.39 Å². The van der Waals surface area contributed by atoms with E-state index in [2.05, 4.69) is 5.32 Å². The number of amides is 1. The minimum Gasteiger partial charge on any atom is -0.385 e. The second-order valence-corrected chi connectivity index (χ2v) is 4.66. The number of benzene rings is 2. The first-order valence-electron chi connectivity index (χ1n) is 6.84. The van der Waals surface area contributed by atoms with Gasteiger partial charge in [0.25, 0.3) is 5.91 Å². The van der Waals surface area contributed by atoms with Gasteiger partial charge in [0.1, 0.15) is 5.82 Å². The predicted octanol–water partition coefficient (Wildman–Crippen LogP) is 3.26. The molecule has 21 heavy (non-hydrogen) atoms. The highest BCUT2D eigenvalue weighted by atomic mass is 19.1. The molecule has 110 valence electrons. The van der Waals surface area contributed by atoms with E-state index in [-0.39, 0.29) is 5.56 Å². The van der Waals surface area contributed by atoms with E-state index in [1.54, 1.807) is 19.2 Å². The van der Waals surface area contributed by atoms with Crippen LogP contribution in [0.25, 0.3) is 11.1 Å². The Morgan fingerprint density at radius 1 is 1.14 bits per heavy atom. The third-order valence-corrected chi connectivity index (χ3v) is 3.13. The lowest BCUT2D eigenvalue weighted by Gasteiger charge is -2.08. The van der Waals surface area contributed by atoms with E-state index in [0.29, 0.717) is 19.6 Å². The molecule has 0 saturated carbocycles. The fourth-order valence-corrected chi connectivity index (χ4v) is 2.02. The normalized spacial score (nSPS) is 10.4. The molecule has 2 rings (SSSR count). The Morgan fingerprint density at radius 2 is 1.90 bits per heavy atom. The summed E-state index contributed by atoms with van der Waals surface area (Å²) < 4.78 is 18.7. The zero-order valence-corrected chi connectivity index (χ0v) is 11.9. The van der Waals surface area contributed by atoms with Gasteiger partial charge in [0, 0.05) is 20.3 Å². The second-order valence-electron chi connectivity index (χ2n) is 4.66. The van der Waals surface area contributed by atoms with Crippen molar-refractivity contribution in [3.63, 3.8) is 0 Å². The maximum Gasteiger partial charge on any atom is 0.254 e. The summed E-state index contributed by atoms with van der Waals surface area (Å²) in [6.45, 7) is 1.02. The van der Waals surface area contributed by atoms with Gasteiger partial charge < -0.3 is 10.1 Å².